The second-order valence-corrected chi connectivity index (χ2v) is 6.13. The van der Waals surface area contributed by atoms with Crippen molar-refractivity contribution in [1.82, 2.24) is 14.7 Å². The molecule has 134 valence electrons. The molecular formula is C18H23FN4O2. The predicted molar refractivity (Wildman–Crippen MR) is 93.5 cm³/mol. The number of carbonyl (C=O) groups is 1. The van der Waals surface area contributed by atoms with Crippen molar-refractivity contribution in [3.63, 3.8) is 0 Å². The Morgan fingerprint density at radius 1 is 1.36 bits per heavy atom. The number of nitrogens with one attached hydrogen (secondary N) is 1. The van der Waals surface area contributed by atoms with E-state index >= 15 is 0 Å². The summed E-state index contributed by atoms with van der Waals surface area (Å²) in [5.74, 6) is -0.103. The number of likely N-dealkylation sites (tertiary alicyclic amines) is 1. The second-order valence-electron chi connectivity index (χ2n) is 6.13. The topological polar surface area (TPSA) is 59.4 Å². The molecule has 0 aliphatic carbocycles. The summed E-state index contributed by atoms with van der Waals surface area (Å²) in [5, 5.41) is 7.25. The van der Waals surface area contributed by atoms with E-state index in [0.29, 0.717) is 11.4 Å². The molecule has 2 aromatic rings. The number of carbonyl (C=O) groups excluding carboxylic acids is 1. The van der Waals surface area contributed by atoms with Crippen molar-refractivity contribution in [1.29, 1.82) is 0 Å². The Labute approximate surface area is 146 Å². The number of aromatic nitrogens is 2. The summed E-state index contributed by atoms with van der Waals surface area (Å²) in [4.78, 5) is 14.9. The first kappa shape index (κ1) is 17.4. The van der Waals surface area contributed by atoms with Crippen molar-refractivity contribution in [3.05, 3.63) is 41.8 Å². The van der Waals surface area contributed by atoms with Gasteiger partial charge >= 0.3 is 0 Å². The molecule has 0 unspecified atom stereocenters. The fourth-order valence-corrected chi connectivity index (χ4v) is 3.17. The molecule has 2 heterocycles. The molecule has 1 N–H and O–H groups in total. The van der Waals surface area contributed by atoms with Crippen molar-refractivity contribution in [3.8, 4) is 5.75 Å². The van der Waals surface area contributed by atoms with Gasteiger partial charge in [-0.05, 0) is 37.6 Å². The monoisotopic (exact) mass is 346 g/mol. The summed E-state index contributed by atoms with van der Waals surface area (Å²) in [6.45, 7) is 5.28. The van der Waals surface area contributed by atoms with E-state index < -0.39 is 5.82 Å². The Morgan fingerprint density at radius 2 is 2.12 bits per heavy atom. The van der Waals surface area contributed by atoms with E-state index in [0.717, 1.165) is 32.5 Å². The fraction of sp³-hybridized carbons (Fsp3) is 0.444. The maximum absolute atomic E-state index is 13.5. The van der Waals surface area contributed by atoms with Gasteiger partial charge in [-0.3, -0.25) is 4.79 Å². The van der Waals surface area contributed by atoms with Gasteiger partial charge in [0.1, 0.15) is 5.82 Å². The first-order valence-electron chi connectivity index (χ1n) is 8.53. The van der Waals surface area contributed by atoms with Crippen LogP contribution in [0.2, 0.25) is 0 Å². The highest BCUT2D eigenvalue weighted by Gasteiger charge is 2.22. The van der Waals surface area contributed by atoms with Crippen LogP contribution in [-0.4, -0.2) is 47.3 Å². The molecular weight excluding hydrogens is 323 g/mol. The molecule has 1 aliphatic rings. The molecule has 7 heteroatoms. The summed E-state index contributed by atoms with van der Waals surface area (Å²) < 4.78 is 20.3. The largest absolute Gasteiger partial charge is 0.494 e. The van der Waals surface area contributed by atoms with Gasteiger partial charge in [-0.1, -0.05) is 6.92 Å². The zero-order chi connectivity index (χ0) is 17.8. The molecule has 0 radical (unpaired) electrons. The van der Waals surface area contributed by atoms with Crippen molar-refractivity contribution < 1.29 is 13.9 Å². The van der Waals surface area contributed by atoms with Gasteiger partial charge in [0.15, 0.2) is 11.6 Å². The first-order valence-corrected chi connectivity index (χ1v) is 8.53. The van der Waals surface area contributed by atoms with Gasteiger partial charge in [0.25, 0.3) is 5.91 Å². The summed E-state index contributed by atoms with van der Waals surface area (Å²) in [6, 6.07) is 6.12. The maximum atomic E-state index is 13.5. The van der Waals surface area contributed by atoms with Crippen molar-refractivity contribution in [2.24, 2.45) is 0 Å². The van der Waals surface area contributed by atoms with Crippen molar-refractivity contribution in [2.75, 3.05) is 32.1 Å². The zero-order valence-electron chi connectivity index (χ0n) is 14.5. The number of amides is 1. The van der Waals surface area contributed by atoms with Crippen LogP contribution in [0.15, 0.2) is 30.5 Å². The SMILES string of the molecule is CCN1CCC(n2nccc2NC(=O)c2ccc(F)c(OC)c2)CC1. The molecule has 1 aromatic carbocycles. The average molecular weight is 346 g/mol. The van der Waals surface area contributed by atoms with E-state index in [1.807, 2.05) is 4.68 Å². The number of ether oxygens (including phenoxy) is 1. The van der Waals surface area contributed by atoms with Gasteiger partial charge in [0, 0.05) is 24.7 Å². The highest BCUT2D eigenvalue weighted by Crippen LogP contribution is 2.26. The second kappa shape index (κ2) is 7.65. The minimum Gasteiger partial charge on any atom is -0.494 e. The van der Waals surface area contributed by atoms with E-state index in [9.17, 15) is 9.18 Å². The molecule has 1 aliphatic heterocycles. The fourth-order valence-electron chi connectivity index (χ4n) is 3.17. The highest BCUT2D eigenvalue weighted by molar-refractivity contribution is 6.04. The number of hydrogen-bond acceptors (Lipinski definition) is 4. The summed E-state index contributed by atoms with van der Waals surface area (Å²) in [7, 11) is 1.37. The van der Waals surface area contributed by atoms with E-state index in [1.165, 1.54) is 25.3 Å². The number of halogens is 1. The predicted octanol–water partition coefficient (Wildman–Crippen LogP) is 2.94. The smallest absolute Gasteiger partial charge is 0.256 e. The summed E-state index contributed by atoms with van der Waals surface area (Å²) in [6.07, 6.45) is 3.69. The molecule has 6 nitrogen and oxygen atoms in total. The molecule has 1 amide bonds. The van der Waals surface area contributed by atoms with Crippen LogP contribution < -0.4 is 10.1 Å². The van der Waals surface area contributed by atoms with Crippen molar-refractivity contribution in [2.45, 2.75) is 25.8 Å². The van der Waals surface area contributed by atoms with Crippen LogP contribution in [0.3, 0.4) is 0 Å². The lowest BCUT2D eigenvalue weighted by Crippen LogP contribution is -2.35. The van der Waals surface area contributed by atoms with Crippen LogP contribution in [0.25, 0.3) is 0 Å². The number of anilines is 1. The highest BCUT2D eigenvalue weighted by atomic mass is 19.1. The molecule has 1 fully saturated rings. The first-order chi connectivity index (χ1) is 12.1. The Kier molecular flexibility index (Phi) is 5.33. The van der Waals surface area contributed by atoms with Crippen LogP contribution in [-0.2, 0) is 0 Å². The lowest BCUT2D eigenvalue weighted by atomic mass is 10.1. The molecule has 1 aromatic heterocycles. The molecule has 0 atom stereocenters. The van der Waals surface area contributed by atoms with Gasteiger partial charge in [-0.25, -0.2) is 9.07 Å². The van der Waals surface area contributed by atoms with E-state index in [4.69, 9.17) is 4.74 Å². The van der Waals surface area contributed by atoms with E-state index in [-0.39, 0.29) is 17.7 Å². The maximum Gasteiger partial charge on any atom is 0.256 e. The van der Waals surface area contributed by atoms with Crippen molar-refractivity contribution >= 4 is 11.7 Å². The third-order valence-corrected chi connectivity index (χ3v) is 4.68. The zero-order valence-corrected chi connectivity index (χ0v) is 14.5. The van der Waals surface area contributed by atoms with Gasteiger partial charge in [-0.2, -0.15) is 5.10 Å². The summed E-state index contributed by atoms with van der Waals surface area (Å²) >= 11 is 0. The van der Waals surface area contributed by atoms with Crippen LogP contribution in [0.1, 0.15) is 36.2 Å². The number of piperidine rings is 1. The number of nitrogens with zero attached hydrogens (tertiary/aromatic N) is 3. The number of methoxy groups -OCH3 is 1. The van der Waals surface area contributed by atoms with Gasteiger partial charge in [0.05, 0.1) is 19.3 Å². The molecule has 0 bridgehead atoms. The van der Waals surface area contributed by atoms with E-state index in [1.54, 1.807) is 12.3 Å². The minimum atomic E-state index is -0.494. The Hall–Kier alpha value is -2.41. The molecule has 0 saturated carbocycles. The third kappa shape index (κ3) is 3.82. The standard InChI is InChI=1S/C18H23FN4O2/c1-3-22-10-7-14(8-11-22)23-17(6-9-20-23)21-18(24)13-4-5-15(19)16(12-13)25-2/h4-6,9,12,14H,3,7-8,10-11H2,1-2H3,(H,21,24). The molecule has 0 spiro atoms. The van der Waals surface area contributed by atoms with Crippen LogP contribution in [0.4, 0.5) is 10.2 Å². The van der Waals surface area contributed by atoms with Gasteiger partial charge < -0.3 is 15.0 Å². The number of hydrogen-bond donors (Lipinski definition) is 1. The van der Waals surface area contributed by atoms with Crippen LogP contribution in [0, 0.1) is 5.82 Å². The normalized spacial score (nSPS) is 16.0. The van der Waals surface area contributed by atoms with E-state index in [2.05, 4.69) is 22.2 Å². The van der Waals surface area contributed by atoms with Crippen LogP contribution in [0.5, 0.6) is 5.75 Å². The van der Waals surface area contributed by atoms with Gasteiger partial charge in [0.2, 0.25) is 0 Å². The quantitative estimate of drug-likeness (QED) is 0.904. The van der Waals surface area contributed by atoms with Crippen LogP contribution >= 0.6 is 0 Å². The Bertz CT molecular complexity index is 738. The lowest BCUT2D eigenvalue weighted by Gasteiger charge is -2.31. The Balaban J connectivity index is 1.72. The number of benzene rings is 1. The lowest BCUT2D eigenvalue weighted by molar-refractivity contribution is 0.102. The summed E-state index contributed by atoms with van der Waals surface area (Å²) in [5.41, 5.74) is 0.340. The Morgan fingerprint density at radius 3 is 2.80 bits per heavy atom. The average Bonchev–Trinajstić information content (AvgIpc) is 3.10. The molecule has 1 saturated heterocycles. The number of rotatable bonds is 5. The molecule has 25 heavy (non-hydrogen) atoms. The minimum absolute atomic E-state index is 0.0492. The molecule has 3 rings (SSSR count). The third-order valence-electron chi connectivity index (χ3n) is 4.68. The van der Waals surface area contributed by atoms with Gasteiger partial charge in [-0.15, -0.1) is 0 Å².